The van der Waals surface area contributed by atoms with Crippen molar-refractivity contribution in [3.63, 3.8) is 0 Å². The summed E-state index contributed by atoms with van der Waals surface area (Å²) in [6, 6.07) is 1.43. The molecule has 0 aromatic carbocycles. The molecule has 2 heterocycles. The molecular formula is C20H39N5. The van der Waals surface area contributed by atoms with Gasteiger partial charge in [0.1, 0.15) is 0 Å². The highest BCUT2D eigenvalue weighted by Gasteiger charge is 2.30. The molecule has 0 aromatic rings. The molecule has 1 saturated carbocycles. The van der Waals surface area contributed by atoms with Crippen LogP contribution >= 0.6 is 0 Å². The summed E-state index contributed by atoms with van der Waals surface area (Å²) in [6.07, 6.45) is 10.9. The summed E-state index contributed by atoms with van der Waals surface area (Å²) in [4.78, 5) is 10.0. The van der Waals surface area contributed by atoms with E-state index in [1.54, 1.807) is 0 Å². The molecule has 2 saturated heterocycles. The van der Waals surface area contributed by atoms with Gasteiger partial charge in [-0.25, -0.2) is 0 Å². The van der Waals surface area contributed by atoms with Gasteiger partial charge < -0.3 is 15.5 Å². The first-order chi connectivity index (χ1) is 12.2. The summed E-state index contributed by atoms with van der Waals surface area (Å²) in [6.45, 7) is 9.04. The molecular weight excluding hydrogens is 310 g/mol. The van der Waals surface area contributed by atoms with Crippen LogP contribution in [0.2, 0.25) is 0 Å². The summed E-state index contributed by atoms with van der Waals surface area (Å²) in [5.41, 5.74) is 0. The topological polar surface area (TPSA) is 42.9 Å². The van der Waals surface area contributed by atoms with Crippen molar-refractivity contribution in [3.05, 3.63) is 0 Å². The van der Waals surface area contributed by atoms with Gasteiger partial charge in [0.15, 0.2) is 5.96 Å². The number of hydrogen-bond acceptors (Lipinski definition) is 3. The number of rotatable bonds is 6. The zero-order valence-corrected chi connectivity index (χ0v) is 16.5. The van der Waals surface area contributed by atoms with Crippen LogP contribution in [0.3, 0.4) is 0 Å². The molecule has 1 atom stereocenters. The third kappa shape index (κ3) is 5.85. The third-order valence-corrected chi connectivity index (χ3v) is 6.39. The molecule has 2 N–H and O–H groups in total. The Labute approximate surface area is 154 Å². The van der Waals surface area contributed by atoms with E-state index in [9.17, 15) is 0 Å². The Balaban J connectivity index is 1.41. The lowest BCUT2D eigenvalue weighted by molar-refractivity contribution is 0.214. The predicted molar refractivity (Wildman–Crippen MR) is 106 cm³/mol. The minimum Gasteiger partial charge on any atom is -0.357 e. The van der Waals surface area contributed by atoms with Crippen LogP contribution < -0.4 is 10.6 Å². The van der Waals surface area contributed by atoms with E-state index in [4.69, 9.17) is 4.99 Å². The van der Waals surface area contributed by atoms with Crippen molar-refractivity contribution in [2.45, 2.75) is 70.4 Å². The van der Waals surface area contributed by atoms with E-state index < -0.39 is 0 Å². The first-order valence-corrected chi connectivity index (χ1v) is 10.7. The van der Waals surface area contributed by atoms with E-state index in [2.05, 4.69) is 34.4 Å². The van der Waals surface area contributed by atoms with Crippen LogP contribution in [0.15, 0.2) is 4.99 Å². The van der Waals surface area contributed by atoms with Crippen LogP contribution in [0.5, 0.6) is 0 Å². The highest BCUT2D eigenvalue weighted by atomic mass is 15.3. The van der Waals surface area contributed by atoms with Crippen LogP contribution in [0.25, 0.3) is 0 Å². The Morgan fingerprint density at radius 3 is 2.52 bits per heavy atom. The normalized spacial score (nSPS) is 27.9. The molecule has 25 heavy (non-hydrogen) atoms. The zero-order chi connectivity index (χ0) is 17.5. The Bertz CT molecular complexity index is 410. The van der Waals surface area contributed by atoms with E-state index in [1.807, 2.05) is 0 Å². The molecule has 5 heteroatoms. The Kier molecular flexibility index (Phi) is 7.41. The van der Waals surface area contributed by atoms with E-state index in [1.165, 1.54) is 77.5 Å². The quantitative estimate of drug-likeness (QED) is 0.570. The smallest absolute Gasteiger partial charge is 0.191 e. The van der Waals surface area contributed by atoms with Gasteiger partial charge in [-0.2, -0.15) is 0 Å². The molecule has 1 aliphatic carbocycles. The van der Waals surface area contributed by atoms with E-state index in [-0.39, 0.29) is 0 Å². The summed E-state index contributed by atoms with van der Waals surface area (Å²) in [7, 11) is 2.23. The van der Waals surface area contributed by atoms with Crippen molar-refractivity contribution in [1.29, 1.82) is 0 Å². The largest absolute Gasteiger partial charge is 0.357 e. The number of aliphatic imine (C=N–C) groups is 1. The van der Waals surface area contributed by atoms with E-state index in [0.29, 0.717) is 6.04 Å². The predicted octanol–water partition coefficient (Wildman–Crippen LogP) is 2.29. The highest BCUT2D eigenvalue weighted by Crippen LogP contribution is 2.26. The molecule has 0 aromatic heterocycles. The van der Waals surface area contributed by atoms with Crippen molar-refractivity contribution in [2.24, 2.45) is 10.9 Å². The minimum atomic E-state index is 0.571. The number of guanidine groups is 1. The minimum absolute atomic E-state index is 0.571. The second-order valence-electron chi connectivity index (χ2n) is 8.36. The van der Waals surface area contributed by atoms with Crippen LogP contribution in [-0.4, -0.2) is 74.2 Å². The van der Waals surface area contributed by atoms with E-state index in [0.717, 1.165) is 31.0 Å². The fraction of sp³-hybridized carbons (Fsp3) is 0.950. The lowest BCUT2D eigenvalue weighted by Gasteiger charge is -2.28. The Morgan fingerprint density at radius 1 is 1.04 bits per heavy atom. The highest BCUT2D eigenvalue weighted by molar-refractivity contribution is 5.80. The van der Waals surface area contributed by atoms with Gasteiger partial charge in [0.05, 0.1) is 0 Å². The molecule has 2 aliphatic heterocycles. The van der Waals surface area contributed by atoms with Gasteiger partial charge in [0.25, 0.3) is 0 Å². The number of piperidine rings is 1. The number of hydrogen-bond donors (Lipinski definition) is 2. The molecule has 144 valence electrons. The maximum absolute atomic E-state index is 4.87. The van der Waals surface area contributed by atoms with Crippen molar-refractivity contribution in [2.75, 3.05) is 46.3 Å². The fourth-order valence-corrected chi connectivity index (χ4v) is 4.73. The summed E-state index contributed by atoms with van der Waals surface area (Å²) in [5.74, 6) is 1.90. The van der Waals surface area contributed by atoms with Gasteiger partial charge >= 0.3 is 0 Å². The standard InChI is InChI=1S/C20H39N5/c1-3-21-20(22-12-8-17-9-13-24(2)14-10-17)23-18-11-15-25(16-18)19-6-4-5-7-19/h17-19H,3-16H2,1-2H3,(H2,21,22,23). The van der Waals surface area contributed by atoms with Gasteiger partial charge in [0, 0.05) is 38.3 Å². The van der Waals surface area contributed by atoms with Gasteiger partial charge in [-0.1, -0.05) is 12.8 Å². The van der Waals surface area contributed by atoms with E-state index >= 15 is 0 Å². The molecule has 5 nitrogen and oxygen atoms in total. The Morgan fingerprint density at radius 2 is 1.80 bits per heavy atom. The van der Waals surface area contributed by atoms with Crippen LogP contribution in [0.1, 0.15) is 58.3 Å². The lowest BCUT2D eigenvalue weighted by Crippen LogP contribution is -2.45. The number of likely N-dealkylation sites (tertiary alicyclic amines) is 2. The first-order valence-electron chi connectivity index (χ1n) is 10.7. The van der Waals surface area contributed by atoms with Crippen molar-refractivity contribution < 1.29 is 0 Å². The van der Waals surface area contributed by atoms with Crippen molar-refractivity contribution in [3.8, 4) is 0 Å². The molecule has 0 radical (unpaired) electrons. The average molecular weight is 350 g/mol. The summed E-state index contributed by atoms with van der Waals surface area (Å²) < 4.78 is 0. The van der Waals surface area contributed by atoms with Gasteiger partial charge in [-0.3, -0.25) is 9.89 Å². The third-order valence-electron chi connectivity index (χ3n) is 6.39. The maximum Gasteiger partial charge on any atom is 0.191 e. The summed E-state index contributed by atoms with van der Waals surface area (Å²) in [5, 5.41) is 7.15. The Hall–Kier alpha value is -0.810. The van der Waals surface area contributed by atoms with Gasteiger partial charge in [0.2, 0.25) is 0 Å². The first kappa shape index (κ1) is 19.0. The van der Waals surface area contributed by atoms with Gasteiger partial charge in [-0.05, 0) is 71.5 Å². The zero-order valence-electron chi connectivity index (χ0n) is 16.5. The maximum atomic E-state index is 4.87. The molecule has 0 spiro atoms. The molecule has 3 rings (SSSR count). The second kappa shape index (κ2) is 9.77. The number of nitrogens with zero attached hydrogens (tertiary/aromatic N) is 3. The molecule has 1 unspecified atom stereocenters. The van der Waals surface area contributed by atoms with Crippen LogP contribution in [0.4, 0.5) is 0 Å². The summed E-state index contributed by atoms with van der Waals surface area (Å²) >= 11 is 0. The molecule has 3 fully saturated rings. The van der Waals surface area contributed by atoms with Crippen LogP contribution in [0, 0.1) is 5.92 Å². The molecule has 3 aliphatic rings. The lowest BCUT2D eigenvalue weighted by atomic mass is 9.94. The van der Waals surface area contributed by atoms with Crippen molar-refractivity contribution >= 4 is 5.96 Å². The monoisotopic (exact) mass is 349 g/mol. The fourth-order valence-electron chi connectivity index (χ4n) is 4.73. The van der Waals surface area contributed by atoms with Crippen molar-refractivity contribution in [1.82, 2.24) is 20.4 Å². The van der Waals surface area contributed by atoms with Crippen LogP contribution in [-0.2, 0) is 0 Å². The molecule has 0 amide bonds. The SMILES string of the molecule is CCNC(=NCCC1CCN(C)CC1)NC1CCN(C2CCCC2)C1. The average Bonchev–Trinajstić information content (AvgIpc) is 3.28. The molecule has 0 bridgehead atoms. The number of nitrogens with one attached hydrogen (secondary N) is 2. The van der Waals surface area contributed by atoms with Gasteiger partial charge in [-0.15, -0.1) is 0 Å². The second-order valence-corrected chi connectivity index (χ2v) is 8.36.